The number of ether oxygens (including phenoxy) is 2. The van der Waals surface area contributed by atoms with Gasteiger partial charge < -0.3 is 39.9 Å². The molecule has 0 spiro atoms. The van der Waals surface area contributed by atoms with Crippen molar-refractivity contribution in [1.29, 1.82) is 0 Å². The Balaban J connectivity index is 2.30. The van der Waals surface area contributed by atoms with Crippen molar-refractivity contribution in [2.24, 2.45) is 0 Å². The summed E-state index contributed by atoms with van der Waals surface area (Å²) >= 11 is 0. The largest absolute Gasteiger partial charge is 0.472 e. The minimum absolute atomic E-state index is 0.0511. The van der Waals surface area contributed by atoms with E-state index in [-0.39, 0.29) is 12.8 Å². The minimum Gasteiger partial charge on any atom is -0.462 e. The molecule has 1 aliphatic rings. The molecule has 1 rings (SSSR count). The van der Waals surface area contributed by atoms with Crippen LogP contribution in [-0.2, 0) is 32.7 Å². The molecule has 1 fully saturated rings. The maximum absolute atomic E-state index is 12.5. The molecular formula is C32H61O13P. The predicted molar refractivity (Wildman–Crippen MR) is 171 cm³/mol. The zero-order chi connectivity index (χ0) is 34.4. The van der Waals surface area contributed by atoms with Gasteiger partial charge in [-0.25, -0.2) is 4.57 Å². The standard InChI is InChI=1S/C32H61O13P/c1-3-5-6-7-8-9-10-11-12-13-14-15-16-17-18-19-21-25(33)42-22-24(44-26(34)20-4-2)23-43-46(40,41)45-32-30(38)28(36)27(35)29(37)31(32)39/h24,27-32,35-39H,3-23H2,1-2H3,(H,40,41)/t24-,27?,28-,29?,30?,31?,32?/m1/s1. The van der Waals surface area contributed by atoms with E-state index in [4.69, 9.17) is 18.5 Å². The van der Waals surface area contributed by atoms with Crippen LogP contribution in [0.2, 0.25) is 0 Å². The van der Waals surface area contributed by atoms with Crippen molar-refractivity contribution in [2.75, 3.05) is 13.2 Å². The smallest absolute Gasteiger partial charge is 0.462 e. The molecule has 0 amide bonds. The Labute approximate surface area is 274 Å². The number of aliphatic hydroxyl groups excluding tert-OH is 5. The van der Waals surface area contributed by atoms with Crippen molar-refractivity contribution in [3.63, 3.8) is 0 Å². The van der Waals surface area contributed by atoms with Crippen LogP contribution >= 0.6 is 7.82 Å². The maximum Gasteiger partial charge on any atom is 0.472 e. The SMILES string of the molecule is CCCCCCCCCCCCCCCCCCC(=O)OC[C@H](COP(=O)(O)OC1C(O)C(O)C(O)[C@@H](O)C1O)OC(=O)CCC. The lowest BCUT2D eigenvalue weighted by molar-refractivity contribution is -0.220. The lowest BCUT2D eigenvalue weighted by atomic mass is 9.85. The fourth-order valence-electron chi connectivity index (χ4n) is 5.32. The van der Waals surface area contributed by atoms with Gasteiger partial charge in [-0.05, 0) is 12.8 Å². The number of phosphoric acid groups is 1. The maximum atomic E-state index is 12.5. The van der Waals surface area contributed by atoms with Crippen LogP contribution in [0.3, 0.4) is 0 Å². The molecule has 0 heterocycles. The summed E-state index contributed by atoms with van der Waals surface area (Å²) in [6, 6.07) is 0. The highest BCUT2D eigenvalue weighted by atomic mass is 31.2. The van der Waals surface area contributed by atoms with Gasteiger partial charge in [0, 0.05) is 12.8 Å². The van der Waals surface area contributed by atoms with Gasteiger partial charge in [0.25, 0.3) is 0 Å². The molecule has 1 aliphatic carbocycles. The quantitative estimate of drug-likeness (QED) is 0.0407. The minimum atomic E-state index is -5.07. The molecular weight excluding hydrogens is 623 g/mol. The highest BCUT2D eigenvalue weighted by molar-refractivity contribution is 7.47. The first-order chi connectivity index (χ1) is 21.9. The molecule has 0 radical (unpaired) electrons. The average molecular weight is 685 g/mol. The predicted octanol–water partition coefficient (Wildman–Crippen LogP) is 4.21. The number of hydrogen-bond donors (Lipinski definition) is 6. The van der Waals surface area contributed by atoms with E-state index in [0.717, 1.165) is 19.3 Å². The van der Waals surface area contributed by atoms with Gasteiger partial charge in [0.15, 0.2) is 6.10 Å². The van der Waals surface area contributed by atoms with E-state index in [1.165, 1.54) is 77.0 Å². The lowest BCUT2D eigenvalue weighted by Gasteiger charge is -2.41. The molecule has 0 aliphatic heterocycles. The summed E-state index contributed by atoms with van der Waals surface area (Å²) in [5.74, 6) is -1.16. The second-order valence-corrected chi connectivity index (χ2v) is 13.8. The Hall–Kier alpha value is -1.15. The van der Waals surface area contributed by atoms with Crippen LogP contribution in [0.25, 0.3) is 0 Å². The van der Waals surface area contributed by atoms with Crippen LogP contribution in [0.5, 0.6) is 0 Å². The summed E-state index contributed by atoms with van der Waals surface area (Å²) in [6.07, 6.45) is 6.99. The summed E-state index contributed by atoms with van der Waals surface area (Å²) in [4.78, 5) is 34.4. The molecule has 13 nitrogen and oxygen atoms in total. The molecule has 1 saturated carbocycles. The number of esters is 2. The Morgan fingerprint density at radius 1 is 0.587 bits per heavy atom. The highest BCUT2D eigenvalue weighted by Crippen LogP contribution is 2.47. The third kappa shape index (κ3) is 18.4. The van der Waals surface area contributed by atoms with Gasteiger partial charge in [-0.2, -0.15) is 0 Å². The third-order valence-corrected chi connectivity index (χ3v) is 9.15. The summed E-state index contributed by atoms with van der Waals surface area (Å²) in [5, 5.41) is 49.4. The Morgan fingerprint density at radius 2 is 1.02 bits per heavy atom. The summed E-state index contributed by atoms with van der Waals surface area (Å²) in [6.45, 7) is 2.82. The van der Waals surface area contributed by atoms with Crippen LogP contribution in [0.1, 0.15) is 136 Å². The molecule has 272 valence electrons. The van der Waals surface area contributed by atoms with Crippen molar-refractivity contribution in [3.8, 4) is 0 Å². The normalized spacial score (nSPS) is 25.1. The van der Waals surface area contributed by atoms with Crippen molar-refractivity contribution in [2.45, 2.75) is 179 Å². The van der Waals surface area contributed by atoms with Crippen LogP contribution in [0, 0.1) is 0 Å². The molecule has 0 saturated heterocycles. The number of rotatable bonds is 27. The molecule has 14 heteroatoms. The van der Waals surface area contributed by atoms with E-state index >= 15 is 0 Å². The number of phosphoric ester groups is 1. The number of carbonyl (C=O) groups excluding carboxylic acids is 2. The van der Waals surface area contributed by atoms with E-state index < -0.39 is 75.7 Å². The molecule has 0 aromatic rings. The molecule has 6 N–H and O–H groups in total. The lowest BCUT2D eigenvalue weighted by Crippen LogP contribution is -2.64. The van der Waals surface area contributed by atoms with Crippen LogP contribution in [0.4, 0.5) is 0 Å². The van der Waals surface area contributed by atoms with Crippen molar-refractivity contribution < 1.29 is 63.1 Å². The van der Waals surface area contributed by atoms with E-state index in [9.17, 15) is 44.6 Å². The van der Waals surface area contributed by atoms with Gasteiger partial charge in [0.2, 0.25) is 0 Å². The first-order valence-corrected chi connectivity index (χ1v) is 18.8. The van der Waals surface area contributed by atoms with Crippen LogP contribution in [-0.4, -0.2) is 98.3 Å². The van der Waals surface area contributed by atoms with Crippen molar-refractivity contribution in [1.82, 2.24) is 0 Å². The van der Waals surface area contributed by atoms with Gasteiger partial charge in [-0.3, -0.25) is 18.6 Å². The third-order valence-electron chi connectivity index (χ3n) is 8.17. The molecule has 0 bridgehead atoms. The van der Waals surface area contributed by atoms with Crippen molar-refractivity contribution >= 4 is 19.8 Å². The Bertz CT molecular complexity index is 844. The van der Waals surface area contributed by atoms with Gasteiger partial charge in [0.1, 0.15) is 43.2 Å². The highest BCUT2D eigenvalue weighted by Gasteiger charge is 2.51. The summed E-state index contributed by atoms with van der Waals surface area (Å²) in [5.41, 5.74) is 0. The zero-order valence-electron chi connectivity index (χ0n) is 27.9. The summed E-state index contributed by atoms with van der Waals surface area (Å²) in [7, 11) is -5.07. The molecule has 46 heavy (non-hydrogen) atoms. The van der Waals surface area contributed by atoms with Gasteiger partial charge in [0.05, 0.1) is 6.61 Å². The number of carbonyl (C=O) groups is 2. The first kappa shape index (κ1) is 42.9. The Morgan fingerprint density at radius 3 is 1.48 bits per heavy atom. The fraction of sp³-hybridized carbons (Fsp3) is 0.938. The second kappa shape index (κ2) is 24.9. The van der Waals surface area contributed by atoms with Crippen molar-refractivity contribution in [3.05, 3.63) is 0 Å². The summed E-state index contributed by atoms with van der Waals surface area (Å²) < 4.78 is 32.6. The number of hydrogen-bond acceptors (Lipinski definition) is 12. The number of unbranched alkanes of at least 4 members (excludes halogenated alkanes) is 15. The molecule has 8 atom stereocenters. The van der Waals surface area contributed by atoms with Gasteiger partial charge >= 0.3 is 19.8 Å². The fourth-order valence-corrected chi connectivity index (χ4v) is 6.30. The first-order valence-electron chi connectivity index (χ1n) is 17.3. The number of aliphatic hydroxyl groups is 5. The molecule has 6 unspecified atom stereocenters. The van der Waals surface area contributed by atoms with E-state index in [1.807, 2.05) is 0 Å². The van der Waals surface area contributed by atoms with Crippen LogP contribution < -0.4 is 0 Å². The second-order valence-electron chi connectivity index (χ2n) is 12.4. The van der Waals surface area contributed by atoms with Crippen LogP contribution in [0.15, 0.2) is 0 Å². The molecule has 0 aromatic carbocycles. The van der Waals surface area contributed by atoms with E-state index in [2.05, 4.69) is 6.92 Å². The molecule has 0 aromatic heterocycles. The topological polar surface area (TPSA) is 210 Å². The zero-order valence-corrected chi connectivity index (χ0v) is 28.8. The van der Waals surface area contributed by atoms with Gasteiger partial charge in [-0.1, -0.05) is 110 Å². The Kier molecular flexibility index (Phi) is 23.2. The average Bonchev–Trinajstić information content (AvgIpc) is 3.02. The van der Waals surface area contributed by atoms with E-state index in [0.29, 0.717) is 12.8 Å². The van der Waals surface area contributed by atoms with E-state index in [1.54, 1.807) is 6.92 Å². The monoisotopic (exact) mass is 684 g/mol. The van der Waals surface area contributed by atoms with Gasteiger partial charge in [-0.15, -0.1) is 0 Å².